The number of halogens is 2. The molecular weight excluding hydrogens is 358 g/mol. The second kappa shape index (κ2) is 5.95. The van der Waals surface area contributed by atoms with Gasteiger partial charge in [0.2, 0.25) is 6.79 Å². The minimum Gasteiger partial charge on any atom is -0.454 e. The maximum Gasteiger partial charge on any atom is 0.251 e. The molecule has 0 spiro atoms. The van der Waals surface area contributed by atoms with E-state index in [9.17, 15) is 4.79 Å². The van der Waals surface area contributed by atoms with Crippen molar-refractivity contribution in [3.8, 4) is 11.5 Å². The molecule has 0 saturated heterocycles. The lowest BCUT2D eigenvalue weighted by Crippen LogP contribution is -2.22. The van der Waals surface area contributed by atoms with E-state index < -0.39 is 0 Å². The Balaban J connectivity index is 1.67. The van der Waals surface area contributed by atoms with Crippen LogP contribution in [0.3, 0.4) is 0 Å². The van der Waals surface area contributed by atoms with Crippen LogP contribution >= 0.6 is 27.5 Å². The summed E-state index contributed by atoms with van der Waals surface area (Å²) in [6, 6.07) is 10.6. The Hall–Kier alpha value is -1.72. The van der Waals surface area contributed by atoms with Crippen molar-refractivity contribution < 1.29 is 14.3 Å². The Kier molecular flexibility index (Phi) is 4.03. The molecule has 0 aromatic heterocycles. The van der Waals surface area contributed by atoms with Gasteiger partial charge in [-0.1, -0.05) is 17.7 Å². The molecule has 1 aliphatic rings. The molecule has 0 saturated carbocycles. The molecule has 0 bridgehead atoms. The highest BCUT2D eigenvalue weighted by atomic mass is 79.9. The van der Waals surface area contributed by atoms with Crippen LogP contribution in [0.1, 0.15) is 15.9 Å². The quantitative estimate of drug-likeness (QED) is 0.897. The van der Waals surface area contributed by atoms with Crippen LogP contribution in [-0.4, -0.2) is 12.7 Å². The van der Waals surface area contributed by atoms with Gasteiger partial charge in [0.05, 0.1) is 5.02 Å². The first kappa shape index (κ1) is 14.2. The van der Waals surface area contributed by atoms with Crippen molar-refractivity contribution in [3.63, 3.8) is 0 Å². The predicted octanol–water partition coefficient (Wildman–Crippen LogP) is 3.76. The van der Waals surface area contributed by atoms with E-state index in [4.69, 9.17) is 21.1 Å². The molecule has 0 unspecified atom stereocenters. The van der Waals surface area contributed by atoms with Gasteiger partial charge in [0.15, 0.2) is 11.5 Å². The van der Waals surface area contributed by atoms with Crippen LogP contribution in [0.4, 0.5) is 0 Å². The Bertz CT molecular complexity index is 705. The number of fused-ring (bicyclic) bond motifs is 1. The molecule has 0 fully saturated rings. The third-order valence-corrected chi connectivity index (χ3v) is 4.29. The SMILES string of the molecule is O=C(NCc1ccc2c(c1)OCO2)c1ccc(Cl)c(Br)c1. The highest BCUT2D eigenvalue weighted by Crippen LogP contribution is 2.32. The highest BCUT2D eigenvalue weighted by molar-refractivity contribution is 9.10. The van der Waals surface area contributed by atoms with Crippen molar-refractivity contribution in [3.05, 3.63) is 57.0 Å². The summed E-state index contributed by atoms with van der Waals surface area (Å²) in [5, 5.41) is 3.43. The Labute approximate surface area is 135 Å². The highest BCUT2D eigenvalue weighted by Gasteiger charge is 2.14. The molecule has 0 aliphatic carbocycles. The summed E-state index contributed by atoms with van der Waals surface area (Å²) in [5.41, 5.74) is 1.49. The van der Waals surface area contributed by atoms with Crippen LogP contribution in [0, 0.1) is 0 Å². The van der Waals surface area contributed by atoms with Gasteiger partial charge in [0.25, 0.3) is 5.91 Å². The number of nitrogens with one attached hydrogen (secondary N) is 1. The van der Waals surface area contributed by atoms with E-state index in [2.05, 4.69) is 21.2 Å². The van der Waals surface area contributed by atoms with Gasteiger partial charge in [-0.2, -0.15) is 0 Å². The van der Waals surface area contributed by atoms with Crippen LogP contribution < -0.4 is 14.8 Å². The predicted molar refractivity (Wildman–Crippen MR) is 82.9 cm³/mol. The summed E-state index contributed by atoms with van der Waals surface area (Å²) >= 11 is 9.21. The van der Waals surface area contributed by atoms with Crippen LogP contribution in [0.2, 0.25) is 5.02 Å². The molecule has 1 N–H and O–H groups in total. The third kappa shape index (κ3) is 3.14. The topological polar surface area (TPSA) is 47.6 Å². The van der Waals surface area contributed by atoms with Gasteiger partial charge in [-0.15, -0.1) is 0 Å². The molecule has 1 aliphatic heterocycles. The second-order valence-corrected chi connectivity index (χ2v) is 5.76. The molecule has 1 heterocycles. The lowest BCUT2D eigenvalue weighted by molar-refractivity contribution is 0.0951. The minimum atomic E-state index is -0.162. The molecule has 21 heavy (non-hydrogen) atoms. The molecule has 6 heteroatoms. The fourth-order valence-electron chi connectivity index (χ4n) is 1.97. The van der Waals surface area contributed by atoms with E-state index in [0.717, 1.165) is 11.3 Å². The number of ether oxygens (including phenoxy) is 2. The largest absolute Gasteiger partial charge is 0.454 e. The number of hydrogen-bond donors (Lipinski definition) is 1. The maximum absolute atomic E-state index is 12.1. The zero-order valence-corrected chi connectivity index (χ0v) is 13.2. The molecule has 0 radical (unpaired) electrons. The normalized spacial score (nSPS) is 12.3. The average Bonchev–Trinajstić information content (AvgIpc) is 2.95. The van der Waals surface area contributed by atoms with Gasteiger partial charge >= 0.3 is 0 Å². The van der Waals surface area contributed by atoms with Gasteiger partial charge < -0.3 is 14.8 Å². The maximum atomic E-state index is 12.1. The number of carbonyl (C=O) groups excluding carboxylic acids is 1. The van der Waals surface area contributed by atoms with Crippen molar-refractivity contribution in [2.24, 2.45) is 0 Å². The van der Waals surface area contributed by atoms with E-state index in [1.54, 1.807) is 18.2 Å². The summed E-state index contributed by atoms with van der Waals surface area (Å²) in [6.45, 7) is 0.652. The van der Waals surface area contributed by atoms with Crippen molar-refractivity contribution in [1.82, 2.24) is 5.32 Å². The first-order chi connectivity index (χ1) is 10.1. The molecule has 108 valence electrons. The van der Waals surface area contributed by atoms with Gasteiger partial charge in [-0.3, -0.25) is 4.79 Å². The van der Waals surface area contributed by atoms with Crippen molar-refractivity contribution in [2.75, 3.05) is 6.79 Å². The fraction of sp³-hybridized carbons (Fsp3) is 0.133. The van der Waals surface area contributed by atoms with E-state index in [-0.39, 0.29) is 12.7 Å². The standard InChI is InChI=1S/C15H11BrClNO3/c16-11-6-10(2-3-12(11)17)15(19)18-7-9-1-4-13-14(5-9)21-8-20-13/h1-6H,7-8H2,(H,18,19). The molecule has 0 atom stereocenters. The summed E-state index contributed by atoms with van der Waals surface area (Å²) in [5.74, 6) is 1.27. The average molecular weight is 369 g/mol. The van der Waals surface area contributed by atoms with Gasteiger partial charge in [0.1, 0.15) is 0 Å². The smallest absolute Gasteiger partial charge is 0.251 e. The fourth-order valence-corrected chi connectivity index (χ4v) is 2.47. The molecule has 1 amide bonds. The number of hydrogen-bond acceptors (Lipinski definition) is 3. The lowest BCUT2D eigenvalue weighted by atomic mass is 10.2. The second-order valence-electron chi connectivity index (χ2n) is 4.50. The van der Waals surface area contributed by atoms with Crippen LogP contribution in [0.15, 0.2) is 40.9 Å². The van der Waals surface area contributed by atoms with Crippen LogP contribution in [-0.2, 0) is 6.54 Å². The van der Waals surface area contributed by atoms with Gasteiger partial charge in [0, 0.05) is 16.6 Å². The van der Waals surface area contributed by atoms with Gasteiger partial charge in [-0.25, -0.2) is 0 Å². The number of amides is 1. The van der Waals surface area contributed by atoms with E-state index >= 15 is 0 Å². The van der Waals surface area contributed by atoms with E-state index in [1.807, 2.05) is 18.2 Å². The third-order valence-electron chi connectivity index (χ3n) is 3.07. The van der Waals surface area contributed by atoms with Crippen molar-refractivity contribution in [1.29, 1.82) is 0 Å². The van der Waals surface area contributed by atoms with Gasteiger partial charge in [-0.05, 0) is 51.8 Å². The van der Waals surface area contributed by atoms with Crippen LogP contribution in [0.5, 0.6) is 11.5 Å². The first-order valence-corrected chi connectivity index (χ1v) is 7.42. The lowest BCUT2D eigenvalue weighted by Gasteiger charge is -2.07. The summed E-state index contributed by atoms with van der Waals surface area (Å²) in [7, 11) is 0. The molecule has 3 rings (SSSR count). The molecule has 2 aromatic carbocycles. The summed E-state index contributed by atoms with van der Waals surface area (Å²) in [4.78, 5) is 12.1. The Morgan fingerprint density at radius 3 is 2.81 bits per heavy atom. The molecule has 2 aromatic rings. The summed E-state index contributed by atoms with van der Waals surface area (Å²) < 4.78 is 11.2. The monoisotopic (exact) mass is 367 g/mol. The van der Waals surface area contributed by atoms with Crippen molar-refractivity contribution >= 4 is 33.4 Å². The number of carbonyl (C=O) groups is 1. The minimum absolute atomic E-state index is 0.162. The Morgan fingerprint density at radius 1 is 1.19 bits per heavy atom. The Morgan fingerprint density at radius 2 is 2.00 bits per heavy atom. The number of benzene rings is 2. The van der Waals surface area contributed by atoms with Crippen molar-refractivity contribution in [2.45, 2.75) is 6.54 Å². The zero-order valence-electron chi connectivity index (χ0n) is 10.9. The molecule has 4 nitrogen and oxygen atoms in total. The number of rotatable bonds is 3. The van der Waals surface area contributed by atoms with E-state index in [0.29, 0.717) is 27.4 Å². The zero-order chi connectivity index (χ0) is 14.8. The first-order valence-electron chi connectivity index (χ1n) is 6.25. The summed E-state index contributed by atoms with van der Waals surface area (Å²) in [6.07, 6.45) is 0. The molecular formula is C15H11BrClNO3. The van der Waals surface area contributed by atoms with E-state index in [1.165, 1.54) is 0 Å². The van der Waals surface area contributed by atoms with Crippen LogP contribution in [0.25, 0.3) is 0 Å².